The molecule has 0 atom stereocenters. The SMILES string of the molecule is CN(C)c1ccc(-c2cnc3cc4ccccc4cc3n2)cc1. The van der Waals surface area contributed by atoms with Crippen molar-refractivity contribution in [2.24, 2.45) is 0 Å². The van der Waals surface area contributed by atoms with Gasteiger partial charge in [-0.05, 0) is 35.0 Å². The van der Waals surface area contributed by atoms with Crippen molar-refractivity contribution < 1.29 is 0 Å². The lowest BCUT2D eigenvalue weighted by atomic mass is 10.1. The molecule has 112 valence electrons. The molecule has 23 heavy (non-hydrogen) atoms. The van der Waals surface area contributed by atoms with Gasteiger partial charge in [0, 0.05) is 25.3 Å². The van der Waals surface area contributed by atoms with Gasteiger partial charge in [-0.3, -0.25) is 4.98 Å². The average Bonchev–Trinajstić information content (AvgIpc) is 2.59. The minimum absolute atomic E-state index is 0.901. The van der Waals surface area contributed by atoms with Gasteiger partial charge in [0.15, 0.2) is 0 Å². The Morgan fingerprint density at radius 2 is 1.43 bits per heavy atom. The first-order chi connectivity index (χ1) is 11.2. The fourth-order valence-electron chi connectivity index (χ4n) is 2.77. The highest BCUT2D eigenvalue weighted by atomic mass is 15.1. The standard InChI is InChI=1S/C20H17N3/c1-23(2)17-9-7-14(8-10-17)20-13-21-18-11-15-5-3-4-6-16(15)12-19(18)22-20/h3-13H,1-2H3. The lowest BCUT2D eigenvalue weighted by molar-refractivity contribution is 1.13. The minimum Gasteiger partial charge on any atom is -0.378 e. The van der Waals surface area contributed by atoms with E-state index in [9.17, 15) is 0 Å². The van der Waals surface area contributed by atoms with E-state index in [1.807, 2.05) is 32.4 Å². The topological polar surface area (TPSA) is 29.0 Å². The summed E-state index contributed by atoms with van der Waals surface area (Å²) in [4.78, 5) is 11.5. The summed E-state index contributed by atoms with van der Waals surface area (Å²) in [6, 6.07) is 20.9. The molecule has 0 aliphatic carbocycles. The molecule has 0 amide bonds. The molecule has 0 bridgehead atoms. The number of nitrogens with zero attached hydrogens (tertiary/aromatic N) is 3. The van der Waals surface area contributed by atoms with E-state index in [1.54, 1.807) is 0 Å². The number of rotatable bonds is 2. The van der Waals surface area contributed by atoms with E-state index < -0.39 is 0 Å². The van der Waals surface area contributed by atoms with Crippen LogP contribution in [0.3, 0.4) is 0 Å². The molecule has 0 N–H and O–H groups in total. The van der Waals surface area contributed by atoms with Crippen LogP contribution in [0.2, 0.25) is 0 Å². The Morgan fingerprint density at radius 1 is 0.783 bits per heavy atom. The predicted molar refractivity (Wildman–Crippen MR) is 96.8 cm³/mol. The van der Waals surface area contributed by atoms with Gasteiger partial charge < -0.3 is 4.90 Å². The molecule has 0 spiro atoms. The van der Waals surface area contributed by atoms with Crippen LogP contribution in [-0.2, 0) is 0 Å². The lowest BCUT2D eigenvalue weighted by Crippen LogP contribution is -2.07. The van der Waals surface area contributed by atoms with Gasteiger partial charge in [-0.2, -0.15) is 0 Å². The third-order valence-corrected chi connectivity index (χ3v) is 4.09. The number of hydrogen-bond acceptors (Lipinski definition) is 3. The monoisotopic (exact) mass is 299 g/mol. The molecule has 4 aromatic rings. The first kappa shape index (κ1) is 13.7. The van der Waals surface area contributed by atoms with Crippen molar-refractivity contribution in [2.75, 3.05) is 19.0 Å². The summed E-state index contributed by atoms with van der Waals surface area (Å²) in [7, 11) is 4.08. The van der Waals surface area contributed by atoms with Crippen molar-refractivity contribution in [3.8, 4) is 11.3 Å². The highest BCUT2D eigenvalue weighted by Crippen LogP contribution is 2.24. The maximum absolute atomic E-state index is 4.79. The highest BCUT2D eigenvalue weighted by Gasteiger charge is 2.05. The van der Waals surface area contributed by atoms with Gasteiger partial charge in [-0.25, -0.2) is 4.98 Å². The Labute approximate surface area is 135 Å². The van der Waals surface area contributed by atoms with Crippen LogP contribution in [0.5, 0.6) is 0 Å². The van der Waals surface area contributed by atoms with Gasteiger partial charge in [-0.15, -0.1) is 0 Å². The van der Waals surface area contributed by atoms with Crippen molar-refractivity contribution in [2.45, 2.75) is 0 Å². The first-order valence-corrected chi connectivity index (χ1v) is 7.64. The van der Waals surface area contributed by atoms with Crippen LogP contribution in [0.25, 0.3) is 33.1 Å². The molecule has 1 heterocycles. The second kappa shape index (κ2) is 5.36. The van der Waals surface area contributed by atoms with Gasteiger partial charge >= 0.3 is 0 Å². The Bertz CT molecular complexity index is 988. The van der Waals surface area contributed by atoms with Gasteiger partial charge in [0.2, 0.25) is 0 Å². The maximum atomic E-state index is 4.79. The molecular formula is C20H17N3. The summed E-state index contributed by atoms with van der Waals surface area (Å²) in [5.74, 6) is 0. The summed E-state index contributed by atoms with van der Waals surface area (Å²) >= 11 is 0. The third-order valence-electron chi connectivity index (χ3n) is 4.09. The number of anilines is 1. The molecule has 0 saturated heterocycles. The summed E-state index contributed by atoms with van der Waals surface area (Å²) in [6.45, 7) is 0. The molecule has 0 aliphatic heterocycles. The highest BCUT2D eigenvalue weighted by molar-refractivity contribution is 5.95. The molecule has 0 unspecified atom stereocenters. The van der Waals surface area contributed by atoms with Crippen molar-refractivity contribution in [1.29, 1.82) is 0 Å². The summed E-state index contributed by atoms with van der Waals surface area (Å²) in [6.07, 6.45) is 1.85. The van der Waals surface area contributed by atoms with Crippen LogP contribution in [0, 0.1) is 0 Å². The number of benzene rings is 3. The molecule has 0 aliphatic rings. The Hall–Kier alpha value is -2.94. The molecule has 0 saturated carbocycles. The molecule has 4 rings (SSSR count). The summed E-state index contributed by atoms with van der Waals surface area (Å²) in [5, 5.41) is 2.38. The van der Waals surface area contributed by atoms with E-state index in [0.717, 1.165) is 22.3 Å². The van der Waals surface area contributed by atoms with E-state index in [-0.39, 0.29) is 0 Å². The smallest absolute Gasteiger partial charge is 0.0900 e. The third kappa shape index (κ3) is 2.50. The van der Waals surface area contributed by atoms with Crippen LogP contribution in [0.1, 0.15) is 0 Å². The zero-order valence-corrected chi connectivity index (χ0v) is 13.2. The van der Waals surface area contributed by atoms with Crippen LogP contribution in [-0.4, -0.2) is 24.1 Å². The summed E-state index contributed by atoms with van der Waals surface area (Å²) < 4.78 is 0. The van der Waals surface area contributed by atoms with E-state index in [1.165, 1.54) is 16.5 Å². The van der Waals surface area contributed by atoms with Gasteiger partial charge in [0.05, 0.1) is 22.9 Å². The van der Waals surface area contributed by atoms with Crippen molar-refractivity contribution in [1.82, 2.24) is 9.97 Å². The molecule has 1 aromatic heterocycles. The van der Waals surface area contributed by atoms with E-state index >= 15 is 0 Å². The fourth-order valence-corrected chi connectivity index (χ4v) is 2.77. The van der Waals surface area contributed by atoms with Crippen LogP contribution >= 0.6 is 0 Å². The molecule has 0 radical (unpaired) electrons. The van der Waals surface area contributed by atoms with Crippen molar-refractivity contribution in [3.63, 3.8) is 0 Å². The number of fused-ring (bicyclic) bond motifs is 2. The van der Waals surface area contributed by atoms with Crippen LogP contribution < -0.4 is 4.90 Å². The normalized spacial score (nSPS) is 11.0. The van der Waals surface area contributed by atoms with Gasteiger partial charge in [0.25, 0.3) is 0 Å². The largest absolute Gasteiger partial charge is 0.378 e. The van der Waals surface area contributed by atoms with E-state index in [2.05, 4.69) is 58.4 Å². The number of aromatic nitrogens is 2. The predicted octanol–water partition coefficient (Wildman–Crippen LogP) is 4.52. The minimum atomic E-state index is 0.901. The Kier molecular flexibility index (Phi) is 3.19. The zero-order valence-electron chi connectivity index (χ0n) is 13.2. The van der Waals surface area contributed by atoms with Crippen LogP contribution in [0.4, 0.5) is 5.69 Å². The molecule has 3 heteroatoms. The summed E-state index contributed by atoms with van der Waals surface area (Å²) in [5.41, 5.74) is 5.01. The van der Waals surface area contributed by atoms with Crippen molar-refractivity contribution in [3.05, 3.63) is 66.9 Å². The molecule has 3 nitrogen and oxygen atoms in total. The maximum Gasteiger partial charge on any atom is 0.0900 e. The Morgan fingerprint density at radius 3 is 2.09 bits per heavy atom. The van der Waals surface area contributed by atoms with Crippen LogP contribution in [0.15, 0.2) is 66.9 Å². The second-order valence-corrected chi connectivity index (χ2v) is 5.88. The van der Waals surface area contributed by atoms with E-state index in [4.69, 9.17) is 4.98 Å². The molecular weight excluding hydrogens is 282 g/mol. The lowest BCUT2D eigenvalue weighted by Gasteiger charge is -2.12. The van der Waals surface area contributed by atoms with Gasteiger partial charge in [-0.1, -0.05) is 36.4 Å². The average molecular weight is 299 g/mol. The van der Waals surface area contributed by atoms with Gasteiger partial charge in [0.1, 0.15) is 0 Å². The first-order valence-electron chi connectivity index (χ1n) is 7.64. The zero-order chi connectivity index (χ0) is 15.8. The molecule has 0 fully saturated rings. The number of hydrogen-bond donors (Lipinski definition) is 0. The Balaban J connectivity index is 1.82. The van der Waals surface area contributed by atoms with Crippen molar-refractivity contribution >= 4 is 27.5 Å². The molecule has 3 aromatic carbocycles. The van der Waals surface area contributed by atoms with E-state index in [0.29, 0.717) is 0 Å². The second-order valence-electron chi connectivity index (χ2n) is 5.88. The quantitative estimate of drug-likeness (QED) is 0.510. The fraction of sp³-hybridized carbons (Fsp3) is 0.100.